The first-order valence-corrected chi connectivity index (χ1v) is 11.0. The SMILES string of the molecule is Cc1ccc(-c2cc(C(=O)N[C@@H]3CCCc4ccccc43)c3ccccc3n2)c(C)c1. The molecule has 3 heteroatoms. The first kappa shape index (κ1) is 19.5. The number of para-hydroxylation sites is 1. The van der Waals surface area contributed by atoms with Crippen molar-refractivity contribution < 1.29 is 4.79 Å². The van der Waals surface area contributed by atoms with Crippen LogP contribution in [0.25, 0.3) is 22.2 Å². The van der Waals surface area contributed by atoms with Crippen LogP contribution in [-0.4, -0.2) is 10.9 Å². The van der Waals surface area contributed by atoms with Gasteiger partial charge in [-0.15, -0.1) is 0 Å². The van der Waals surface area contributed by atoms with Crippen molar-refractivity contribution in [3.8, 4) is 11.3 Å². The van der Waals surface area contributed by atoms with E-state index < -0.39 is 0 Å². The number of benzene rings is 3. The molecule has 1 aromatic heterocycles. The molecule has 31 heavy (non-hydrogen) atoms. The minimum Gasteiger partial charge on any atom is -0.345 e. The predicted molar refractivity (Wildman–Crippen MR) is 126 cm³/mol. The van der Waals surface area contributed by atoms with Gasteiger partial charge in [-0.2, -0.15) is 0 Å². The largest absolute Gasteiger partial charge is 0.345 e. The maximum Gasteiger partial charge on any atom is 0.252 e. The molecule has 0 saturated heterocycles. The second-order valence-corrected chi connectivity index (χ2v) is 8.51. The Morgan fingerprint density at radius 2 is 1.77 bits per heavy atom. The van der Waals surface area contributed by atoms with Crippen LogP contribution < -0.4 is 5.32 Å². The number of nitrogens with one attached hydrogen (secondary N) is 1. The highest BCUT2D eigenvalue weighted by Gasteiger charge is 2.23. The van der Waals surface area contributed by atoms with Gasteiger partial charge in [0.15, 0.2) is 0 Å². The number of carbonyl (C=O) groups excluding carboxylic acids is 1. The number of pyridine rings is 1. The van der Waals surface area contributed by atoms with Gasteiger partial charge >= 0.3 is 0 Å². The van der Waals surface area contributed by atoms with Crippen LogP contribution in [0.4, 0.5) is 0 Å². The number of fused-ring (bicyclic) bond motifs is 2. The van der Waals surface area contributed by atoms with E-state index in [0.717, 1.165) is 47.0 Å². The molecule has 1 N–H and O–H groups in total. The van der Waals surface area contributed by atoms with E-state index in [1.807, 2.05) is 30.3 Å². The third-order valence-corrected chi connectivity index (χ3v) is 6.29. The van der Waals surface area contributed by atoms with Gasteiger partial charge < -0.3 is 5.32 Å². The molecular weight excluding hydrogens is 380 g/mol. The van der Waals surface area contributed by atoms with Crippen molar-refractivity contribution in [1.82, 2.24) is 10.3 Å². The molecule has 3 aromatic carbocycles. The van der Waals surface area contributed by atoms with E-state index in [1.54, 1.807) is 0 Å². The van der Waals surface area contributed by atoms with Crippen molar-refractivity contribution in [2.45, 2.75) is 39.2 Å². The summed E-state index contributed by atoms with van der Waals surface area (Å²) in [6.07, 6.45) is 3.14. The second-order valence-electron chi connectivity index (χ2n) is 8.51. The van der Waals surface area contributed by atoms with Crippen LogP contribution in [0.3, 0.4) is 0 Å². The molecule has 0 fully saturated rings. The molecule has 1 atom stereocenters. The molecule has 1 aliphatic rings. The monoisotopic (exact) mass is 406 g/mol. The summed E-state index contributed by atoms with van der Waals surface area (Å²) < 4.78 is 0. The minimum atomic E-state index is -0.0358. The molecule has 154 valence electrons. The van der Waals surface area contributed by atoms with E-state index in [2.05, 4.69) is 61.6 Å². The number of aromatic nitrogens is 1. The summed E-state index contributed by atoms with van der Waals surface area (Å²) in [5, 5.41) is 4.21. The van der Waals surface area contributed by atoms with Gasteiger partial charge in [-0.3, -0.25) is 4.79 Å². The van der Waals surface area contributed by atoms with Crippen molar-refractivity contribution in [3.05, 3.63) is 101 Å². The molecule has 0 unspecified atom stereocenters. The van der Waals surface area contributed by atoms with Crippen molar-refractivity contribution >= 4 is 16.8 Å². The summed E-state index contributed by atoms with van der Waals surface area (Å²) in [4.78, 5) is 18.4. The summed E-state index contributed by atoms with van der Waals surface area (Å²) in [6.45, 7) is 4.18. The van der Waals surface area contributed by atoms with Gasteiger partial charge in [-0.1, -0.05) is 66.2 Å². The fourth-order valence-electron chi connectivity index (χ4n) is 4.74. The molecule has 1 amide bonds. The number of hydrogen-bond donors (Lipinski definition) is 1. The molecule has 4 aromatic rings. The number of hydrogen-bond acceptors (Lipinski definition) is 2. The van der Waals surface area contributed by atoms with Crippen LogP contribution in [0.1, 0.15) is 51.5 Å². The zero-order valence-corrected chi connectivity index (χ0v) is 18.0. The van der Waals surface area contributed by atoms with Crippen molar-refractivity contribution in [3.63, 3.8) is 0 Å². The number of carbonyl (C=O) groups is 1. The zero-order valence-electron chi connectivity index (χ0n) is 18.0. The van der Waals surface area contributed by atoms with E-state index in [-0.39, 0.29) is 11.9 Å². The third-order valence-electron chi connectivity index (χ3n) is 6.29. The van der Waals surface area contributed by atoms with Crippen molar-refractivity contribution in [2.75, 3.05) is 0 Å². The first-order valence-electron chi connectivity index (χ1n) is 11.0. The average molecular weight is 407 g/mol. The standard InChI is InChI=1S/C28H26N2O/c1-18-14-15-21(19(2)16-18)27-17-24(23-11-5-6-12-26(23)29-27)28(31)30-25-13-7-9-20-8-3-4-10-22(20)25/h3-6,8,10-12,14-17,25H,7,9,13H2,1-2H3,(H,30,31)/t25-/m1/s1. The van der Waals surface area contributed by atoms with Crippen LogP contribution >= 0.6 is 0 Å². The van der Waals surface area contributed by atoms with Gasteiger partial charge in [0, 0.05) is 10.9 Å². The van der Waals surface area contributed by atoms with Crippen LogP contribution in [0.15, 0.2) is 72.8 Å². The number of nitrogens with zero attached hydrogens (tertiary/aromatic N) is 1. The highest BCUT2D eigenvalue weighted by atomic mass is 16.1. The molecule has 5 rings (SSSR count). The molecule has 0 spiro atoms. The van der Waals surface area contributed by atoms with Crippen molar-refractivity contribution in [2.24, 2.45) is 0 Å². The van der Waals surface area contributed by atoms with E-state index in [1.165, 1.54) is 16.7 Å². The van der Waals surface area contributed by atoms with Gasteiger partial charge in [0.1, 0.15) is 0 Å². The van der Waals surface area contributed by atoms with E-state index in [4.69, 9.17) is 4.98 Å². The normalized spacial score (nSPS) is 15.5. The summed E-state index contributed by atoms with van der Waals surface area (Å²) in [7, 11) is 0. The quantitative estimate of drug-likeness (QED) is 0.432. The lowest BCUT2D eigenvalue weighted by atomic mass is 9.87. The molecule has 0 aliphatic heterocycles. The number of amides is 1. The Morgan fingerprint density at radius 3 is 2.65 bits per heavy atom. The summed E-state index contributed by atoms with van der Waals surface area (Å²) in [6, 6.07) is 24.7. The molecule has 1 heterocycles. The lowest BCUT2D eigenvalue weighted by Gasteiger charge is -2.26. The van der Waals surface area contributed by atoms with Gasteiger partial charge in [-0.05, 0) is 61.9 Å². The third kappa shape index (κ3) is 3.72. The van der Waals surface area contributed by atoms with Gasteiger partial charge in [0.05, 0.1) is 22.8 Å². The van der Waals surface area contributed by atoms with Gasteiger partial charge in [0.2, 0.25) is 0 Å². The zero-order chi connectivity index (χ0) is 21.4. The van der Waals surface area contributed by atoms with Crippen LogP contribution in [0.2, 0.25) is 0 Å². The summed E-state index contributed by atoms with van der Waals surface area (Å²) >= 11 is 0. The maximum atomic E-state index is 13.5. The maximum absolute atomic E-state index is 13.5. The molecule has 0 bridgehead atoms. The minimum absolute atomic E-state index is 0.0358. The molecule has 3 nitrogen and oxygen atoms in total. The highest BCUT2D eigenvalue weighted by Crippen LogP contribution is 2.31. The Morgan fingerprint density at radius 1 is 0.968 bits per heavy atom. The molecule has 1 aliphatic carbocycles. The van der Waals surface area contributed by atoms with Crippen LogP contribution in [0, 0.1) is 13.8 Å². The van der Waals surface area contributed by atoms with E-state index in [9.17, 15) is 4.79 Å². The lowest BCUT2D eigenvalue weighted by Crippen LogP contribution is -2.31. The summed E-state index contributed by atoms with van der Waals surface area (Å²) in [5.41, 5.74) is 8.40. The molecule has 0 saturated carbocycles. The fourth-order valence-corrected chi connectivity index (χ4v) is 4.74. The summed E-state index contributed by atoms with van der Waals surface area (Å²) in [5.74, 6) is -0.0358. The topological polar surface area (TPSA) is 42.0 Å². The number of aryl methyl sites for hydroxylation is 3. The Balaban J connectivity index is 1.57. The highest BCUT2D eigenvalue weighted by molar-refractivity contribution is 6.07. The van der Waals surface area contributed by atoms with Crippen molar-refractivity contribution in [1.29, 1.82) is 0 Å². The smallest absolute Gasteiger partial charge is 0.252 e. The predicted octanol–water partition coefficient (Wildman–Crippen LogP) is 6.33. The molecular formula is C28H26N2O. The Hall–Kier alpha value is -3.46. The fraction of sp³-hybridized carbons (Fsp3) is 0.214. The van der Waals surface area contributed by atoms with Crippen LogP contribution in [-0.2, 0) is 6.42 Å². The van der Waals surface area contributed by atoms with Crippen LogP contribution in [0.5, 0.6) is 0 Å². The Bertz CT molecular complexity index is 1290. The molecule has 0 radical (unpaired) electrons. The second kappa shape index (κ2) is 7.99. The average Bonchev–Trinajstić information content (AvgIpc) is 2.78. The van der Waals surface area contributed by atoms with E-state index >= 15 is 0 Å². The van der Waals surface area contributed by atoms with E-state index in [0.29, 0.717) is 5.56 Å². The number of rotatable bonds is 3. The first-order chi connectivity index (χ1) is 15.1. The van der Waals surface area contributed by atoms with Gasteiger partial charge in [0.25, 0.3) is 5.91 Å². The lowest BCUT2D eigenvalue weighted by molar-refractivity contribution is 0.0934. The Labute approximate surface area is 183 Å². The van der Waals surface area contributed by atoms with Gasteiger partial charge in [-0.25, -0.2) is 4.98 Å². The Kier molecular flexibility index (Phi) is 5.03.